The molecule has 0 amide bonds. The maximum absolute atomic E-state index is 6.49. The molecule has 0 aromatic heterocycles. The average molecular weight is 507 g/mol. The van der Waals surface area contributed by atoms with E-state index in [1.165, 1.54) is 0 Å². The Morgan fingerprint density at radius 3 is 2.23 bits per heavy atom. The van der Waals surface area contributed by atoms with Gasteiger partial charge in [-0.25, -0.2) is 0 Å². The minimum atomic E-state index is -1.98. The summed E-state index contributed by atoms with van der Waals surface area (Å²) in [5, 5.41) is 0.101. The maximum atomic E-state index is 6.49. The molecule has 8 heteroatoms. The minimum absolute atomic E-state index is 0.101. The number of hydrogen-bond acceptors (Lipinski definition) is 7. The van der Waals surface area contributed by atoms with Crippen LogP contribution in [0.3, 0.4) is 0 Å². The van der Waals surface area contributed by atoms with Gasteiger partial charge in [0.05, 0.1) is 13.7 Å². The summed E-state index contributed by atoms with van der Waals surface area (Å²) in [7, 11) is -0.306. The van der Waals surface area contributed by atoms with Crippen molar-refractivity contribution < 1.29 is 32.8 Å². The molecule has 0 radical (unpaired) electrons. The lowest BCUT2D eigenvalue weighted by atomic mass is 10.0. The van der Waals surface area contributed by atoms with E-state index in [1.54, 1.807) is 7.11 Å². The largest absolute Gasteiger partial charge is 0.541 e. The Hall–Kier alpha value is -1.42. The molecule has 1 aromatic rings. The van der Waals surface area contributed by atoms with E-state index in [0.29, 0.717) is 6.61 Å². The summed E-state index contributed by atoms with van der Waals surface area (Å²) in [6.07, 6.45) is 2.88. The SMILES string of the molecule is COc1cc(/C=C/[C@H]2O[C@H]([C@H]3COC(C)(C)O3)[C@@H]3OC(C)(C)O[C@@H]32)ccc1O[Si](C)(C)C(C)(C)C. The molecule has 1 aromatic carbocycles. The molecule has 3 saturated heterocycles. The third-order valence-corrected chi connectivity index (χ3v) is 11.7. The van der Waals surface area contributed by atoms with Gasteiger partial charge in [-0.3, -0.25) is 0 Å². The lowest BCUT2D eigenvalue weighted by molar-refractivity contribution is -0.201. The van der Waals surface area contributed by atoms with E-state index >= 15 is 0 Å². The Bertz CT molecular complexity index is 949. The topological polar surface area (TPSA) is 64.6 Å². The molecular formula is C27H42O7Si. The molecule has 0 N–H and O–H groups in total. The number of ether oxygens (including phenoxy) is 6. The number of benzene rings is 1. The number of fused-ring (bicyclic) bond motifs is 1. The van der Waals surface area contributed by atoms with Gasteiger partial charge in [-0.1, -0.05) is 39.0 Å². The fourth-order valence-electron chi connectivity index (χ4n) is 4.50. The standard InChI is InChI=1S/C27H42O7Si/c1-25(2,3)35(9,10)34-18-13-11-17(15-20(18)28-8)12-14-19-23-24(33-27(6,7)32-23)22(30-19)21-16-29-26(4,5)31-21/h11-15,19,21-24H,16H2,1-10H3/b14-12+/t19-,21-,22-,23-,24+/m1/s1. The van der Waals surface area contributed by atoms with Crippen LogP contribution in [0, 0.1) is 0 Å². The second kappa shape index (κ2) is 9.15. The molecule has 196 valence electrons. The van der Waals surface area contributed by atoms with Crippen LogP contribution in [0.15, 0.2) is 24.3 Å². The van der Waals surface area contributed by atoms with E-state index in [4.69, 9.17) is 32.8 Å². The quantitative estimate of drug-likeness (QED) is 0.470. The summed E-state index contributed by atoms with van der Waals surface area (Å²) in [5.41, 5.74) is 0.993. The van der Waals surface area contributed by atoms with Crippen molar-refractivity contribution in [3.8, 4) is 11.5 Å². The van der Waals surface area contributed by atoms with E-state index in [0.717, 1.165) is 17.1 Å². The Morgan fingerprint density at radius 2 is 1.63 bits per heavy atom. The van der Waals surface area contributed by atoms with Crippen LogP contribution in [-0.4, -0.2) is 64.1 Å². The van der Waals surface area contributed by atoms with Crippen LogP contribution in [0.1, 0.15) is 54.0 Å². The normalized spacial score (nSPS) is 32.2. The van der Waals surface area contributed by atoms with Crippen LogP contribution in [0.5, 0.6) is 11.5 Å². The predicted molar refractivity (Wildman–Crippen MR) is 137 cm³/mol. The van der Waals surface area contributed by atoms with Crippen molar-refractivity contribution in [3.63, 3.8) is 0 Å². The van der Waals surface area contributed by atoms with Crippen molar-refractivity contribution >= 4 is 14.4 Å². The van der Waals surface area contributed by atoms with Crippen molar-refractivity contribution in [2.45, 2.75) is 109 Å². The van der Waals surface area contributed by atoms with Gasteiger partial charge in [-0.2, -0.15) is 0 Å². The van der Waals surface area contributed by atoms with Crippen LogP contribution < -0.4 is 9.16 Å². The summed E-state index contributed by atoms with van der Waals surface area (Å²) >= 11 is 0. The molecular weight excluding hydrogens is 464 g/mol. The van der Waals surface area contributed by atoms with E-state index in [9.17, 15) is 0 Å². The molecule has 0 aliphatic carbocycles. The van der Waals surface area contributed by atoms with Crippen LogP contribution in [0.25, 0.3) is 6.08 Å². The fourth-order valence-corrected chi connectivity index (χ4v) is 5.52. The van der Waals surface area contributed by atoms with Crippen molar-refractivity contribution in [1.29, 1.82) is 0 Å². The average Bonchev–Trinajstić information content (AvgIpc) is 3.35. The molecule has 4 rings (SSSR count). The first-order chi connectivity index (χ1) is 16.1. The maximum Gasteiger partial charge on any atom is 0.250 e. The minimum Gasteiger partial charge on any atom is -0.541 e. The molecule has 3 aliphatic heterocycles. The smallest absolute Gasteiger partial charge is 0.250 e. The highest BCUT2D eigenvalue weighted by atomic mass is 28.4. The first-order valence-electron chi connectivity index (χ1n) is 12.5. The van der Waals surface area contributed by atoms with Gasteiger partial charge in [-0.15, -0.1) is 0 Å². The summed E-state index contributed by atoms with van der Waals surface area (Å²) in [5.74, 6) is 0.200. The van der Waals surface area contributed by atoms with E-state index in [2.05, 4.69) is 33.9 Å². The van der Waals surface area contributed by atoms with Crippen LogP contribution in [0.4, 0.5) is 0 Å². The molecule has 0 unspecified atom stereocenters. The van der Waals surface area contributed by atoms with Crippen molar-refractivity contribution in [2.75, 3.05) is 13.7 Å². The number of rotatable bonds is 6. The Balaban J connectivity index is 1.51. The van der Waals surface area contributed by atoms with E-state index in [1.807, 2.05) is 58.0 Å². The van der Waals surface area contributed by atoms with Crippen LogP contribution in [0.2, 0.25) is 18.1 Å². The summed E-state index contributed by atoms with van der Waals surface area (Å²) in [4.78, 5) is 0. The van der Waals surface area contributed by atoms with E-state index < -0.39 is 19.9 Å². The van der Waals surface area contributed by atoms with Crippen molar-refractivity contribution in [2.24, 2.45) is 0 Å². The second-order valence-corrected chi connectivity index (χ2v) is 16.9. The third-order valence-electron chi connectivity index (χ3n) is 7.36. The molecule has 3 aliphatic rings. The number of methoxy groups -OCH3 is 1. The van der Waals surface area contributed by atoms with Gasteiger partial charge in [0.15, 0.2) is 17.3 Å². The highest BCUT2D eigenvalue weighted by molar-refractivity contribution is 6.74. The highest BCUT2D eigenvalue weighted by Gasteiger charge is 2.58. The lowest BCUT2D eigenvalue weighted by Crippen LogP contribution is -2.43. The van der Waals surface area contributed by atoms with Gasteiger partial charge < -0.3 is 32.8 Å². The first kappa shape index (κ1) is 26.6. The van der Waals surface area contributed by atoms with Crippen LogP contribution >= 0.6 is 0 Å². The summed E-state index contributed by atoms with van der Waals surface area (Å²) in [6.45, 7) is 19.3. The fraction of sp³-hybridized carbons (Fsp3) is 0.704. The monoisotopic (exact) mass is 506 g/mol. The zero-order chi connectivity index (χ0) is 25.8. The Kier molecular flexibility index (Phi) is 6.96. The molecule has 0 bridgehead atoms. The Morgan fingerprint density at radius 1 is 0.943 bits per heavy atom. The highest BCUT2D eigenvalue weighted by Crippen LogP contribution is 2.43. The van der Waals surface area contributed by atoms with Crippen molar-refractivity contribution in [3.05, 3.63) is 29.8 Å². The number of hydrogen-bond donors (Lipinski definition) is 0. The van der Waals surface area contributed by atoms with E-state index in [-0.39, 0.29) is 35.6 Å². The van der Waals surface area contributed by atoms with Gasteiger partial charge in [0.1, 0.15) is 36.3 Å². The summed E-state index contributed by atoms with van der Waals surface area (Å²) < 4.78 is 42.9. The first-order valence-corrected chi connectivity index (χ1v) is 15.4. The predicted octanol–water partition coefficient (Wildman–Crippen LogP) is 5.53. The molecule has 7 nitrogen and oxygen atoms in total. The van der Waals surface area contributed by atoms with Gasteiger partial charge in [0.25, 0.3) is 8.32 Å². The molecule has 5 atom stereocenters. The van der Waals surface area contributed by atoms with Gasteiger partial charge >= 0.3 is 0 Å². The van der Waals surface area contributed by atoms with Gasteiger partial charge in [0, 0.05) is 0 Å². The van der Waals surface area contributed by atoms with Gasteiger partial charge in [0.2, 0.25) is 0 Å². The van der Waals surface area contributed by atoms with Crippen LogP contribution in [-0.2, 0) is 23.7 Å². The lowest BCUT2D eigenvalue weighted by Gasteiger charge is -2.36. The zero-order valence-corrected chi connectivity index (χ0v) is 23.8. The van der Waals surface area contributed by atoms with Gasteiger partial charge in [-0.05, 0) is 63.5 Å². The molecule has 35 heavy (non-hydrogen) atoms. The molecule has 3 heterocycles. The zero-order valence-electron chi connectivity index (χ0n) is 22.8. The summed E-state index contributed by atoms with van der Waals surface area (Å²) in [6, 6.07) is 6.03. The van der Waals surface area contributed by atoms with Crippen molar-refractivity contribution in [1.82, 2.24) is 0 Å². The molecule has 0 spiro atoms. The molecule has 0 saturated carbocycles. The Labute approximate surface area is 211 Å². The molecule has 3 fully saturated rings. The third kappa shape index (κ3) is 5.63. The second-order valence-electron chi connectivity index (χ2n) is 12.1.